The van der Waals surface area contributed by atoms with Crippen LogP contribution in [0.4, 0.5) is 0 Å². The van der Waals surface area contributed by atoms with Gasteiger partial charge in [-0.25, -0.2) is 0 Å². The predicted octanol–water partition coefficient (Wildman–Crippen LogP) is 11.2. The van der Waals surface area contributed by atoms with Crippen LogP contribution in [0.15, 0.2) is 48.6 Å². The summed E-state index contributed by atoms with van der Waals surface area (Å²) in [4.78, 5) is 13.2. The number of hydrogen-bond donors (Lipinski definition) is 9. The molecule has 2 fully saturated rings. The summed E-state index contributed by atoms with van der Waals surface area (Å²) in [6.07, 6.45) is 44.5. The lowest BCUT2D eigenvalue weighted by atomic mass is 9.97. The van der Waals surface area contributed by atoms with E-state index in [1.165, 1.54) is 167 Å². The summed E-state index contributed by atoms with van der Waals surface area (Å²) in [7, 11) is 0. The number of allylic oxidation sites excluding steroid dienone is 8. The summed E-state index contributed by atoms with van der Waals surface area (Å²) < 4.78 is 22.8. The Kier molecular flexibility index (Phi) is 44.9. The SMILES string of the molecule is CC/C=C\C/C=C\C/C=C\C/C=C\CCC(=O)NC(COC1OC(CO)C(OC2OC(CO)C(O)C(O)C2O)C(O)C1O)C(O)CCCCCCCCCCCCCCCCCCCCCCCCCCCCCCCC. The average molecular weight is 1090 g/mol. The zero-order chi connectivity index (χ0) is 56.0. The van der Waals surface area contributed by atoms with E-state index in [1.54, 1.807) is 0 Å². The normalized spacial score (nSPS) is 25.0. The smallest absolute Gasteiger partial charge is 0.220 e. The number of rotatable bonds is 50. The fourth-order valence-electron chi connectivity index (χ4n) is 10.3. The van der Waals surface area contributed by atoms with Gasteiger partial charge in [0.25, 0.3) is 0 Å². The molecule has 12 unspecified atom stereocenters. The molecule has 14 nitrogen and oxygen atoms in total. The monoisotopic (exact) mass is 1090 g/mol. The maximum Gasteiger partial charge on any atom is 0.220 e. The molecule has 1 amide bonds. The highest BCUT2D eigenvalue weighted by Crippen LogP contribution is 2.30. The highest BCUT2D eigenvalue weighted by atomic mass is 16.7. The van der Waals surface area contributed by atoms with Crippen LogP contribution >= 0.6 is 0 Å². The maximum absolute atomic E-state index is 13.2. The average Bonchev–Trinajstić information content (AvgIpc) is 3.44. The van der Waals surface area contributed by atoms with Crippen molar-refractivity contribution >= 4 is 5.91 Å². The molecule has 0 bridgehead atoms. The Hall–Kier alpha value is -2.05. The van der Waals surface area contributed by atoms with E-state index in [0.29, 0.717) is 12.8 Å². The van der Waals surface area contributed by atoms with Crippen molar-refractivity contribution in [3.63, 3.8) is 0 Å². The lowest BCUT2D eigenvalue weighted by Gasteiger charge is -2.46. The molecule has 0 aromatic carbocycles. The zero-order valence-electron chi connectivity index (χ0n) is 48.5. The minimum atomic E-state index is -1.79. The Morgan fingerprint density at radius 1 is 0.481 bits per heavy atom. The number of carbonyl (C=O) groups excluding carboxylic acids is 1. The molecule has 9 N–H and O–H groups in total. The number of aliphatic hydroxyl groups excluding tert-OH is 8. The largest absolute Gasteiger partial charge is 0.394 e. The summed E-state index contributed by atoms with van der Waals surface area (Å²) in [5.74, 6) is -0.285. The molecule has 0 aromatic rings. The van der Waals surface area contributed by atoms with Gasteiger partial charge in [-0.15, -0.1) is 0 Å². The molecule has 0 spiro atoms. The van der Waals surface area contributed by atoms with Gasteiger partial charge in [-0.2, -0.15) is 0 Å². The number of ether oxygens (including phenoxy) is 4. The molecule has 0 radical (unpaired) electrons. The number of amides is 1. The van der Waals surface area contributed by atoms with Crippen molar-refractivity contribution in [1.82, 2.24) is 5.32 Å². The van der Waals surface area contributed by atoms with Crippen molar-refractivity contribution in [2.45, 2.75) is 325 Å². The molecule has 2 heterocycles. The van der Waals surface area contributed by atoms with E-state index in [9.17, 15) is 45.6 Å². The molecule has 14 heteroatoms. The van der Waals surface area contributed by atoms with Gasteiger partial charge in [-0.05, 0) is 38.5 Å². The van der Waals surface area contributed by atoms with Crippen molar-refractivity contribution in [2.75, 3.05) is 19.8 Å². The first-order valence-corrected chi connectivity index (χ1v) is 31.4. The van der Waals surface area contributed by atoms with Gasteiger partial charge < -0.3 is 65.1 Å². The second-order valence-electron chi connectivity index (χ2n) is 22.2. The van der Waals surface area contributed by atoms with Crippen molar-refractivity contribution in [3.05, 3.63) is 48.6 Å². The molecule has 450 valence electrons. The summed E-state index contributed by atoms with van der Waals surface area (Å²) in [5, 5.41) is 87.2. The van der Waals surface area contributed by atoms with Crippen LogP contribution < -0.4 is 5.32 Å². The van der Waals surface area contributed by atoms with Gasteiger partial charge in [0.1, 0.15) is 48.8 Å². The predicted molar refractivity (Wildman–Crippen MR) is 309 cm³/mol. The molecule has 2 saturated heterocycles. The zero-order valence-corrected chi connectivity index (χ0v) is 48.5. The Morgan fingerprint density at radius 3 is 1.30 bits per heavy atom. The van der Waals surface area contributed by atoms with Crippen LogP contribution in [0.2, 0.25) is 0 Å². The van der Waals surface area contributed by atoms with Crippen LogP contribution in [-0.2, 0) is 23.7 Å². The molecule has 0 aliphatic carbocycles. The van der Waals surface area contributed by atoms with E-state index in [4.69, 9.17) is 18.9 Å². The third-order valence-corrected chi connectivity index (χ3v) is 15.3. The van der Waals surface area contributed by atoms with Crippen LogP contribution in [0.25, 0.3) is 0 Å². The first-order valence-electron chi connectivity index (χ1n) is 31.4. The van der Waals surface area contributed by atoms with Crippen LogP contribution in [-0.4, -0.2) is 140 Å². The van der Waals surface area contributed by atoms with E-state index in [2.05, 4.69) is 55.6 Å². The number of hydrogen-bond acceptors (Lipinski definition) is 13. The van der Waals surface area contributed by atoms with Gasteiger partial charge in [0.05, 0.1) is 32.0 Å². The van der Waals surface area contributed by atoms with Crippen molar-refractivity contribution in [1.29, 1.82) is 0 Å². The van der Waals surface area contributed by atoms with Gasteiger partial charge in [-0.3, -0.25) is 4.79 Å². The van der Waals surface area contributed by atoms with Gasteiger partial charge in [0.15, 0.2) is 12.6 Å². The molecule has 2 aliphatic heterocycles. The summed E-state index contributed by atoms with van der Waals surface area (Å²) in [6.45, 7) is 2.71. The second kappa shape index (κ2) is 48.6. The topological polar surface area (TPSA) is 228 Å². The van der Waals surface area contributed by atoms with Gasteiger partial charge in [-0.1, -0.05) is 255 Å². The Labute approximate surface area is 467 Å². The molecule has 0 saturated carbocycles. The molecule has 2 rings (SSSR count). The third-order valence-electron chi connectivity index (χ3n) is 15.3. The van der Waals surface area contributed by atoms with Gasteiger partial charge in [0.2, 0.25) is 5.91 Å². The number of aliphatic hydroxyl groups is 8. The Balaban J connectivity index is 1.67. The summed E-state index contributed by atoms with van der Waals surface area (Å²) >= 11 is 0. The highest BCUT2D eigenvalue weighted by molar-refractivity contribution is 5.76. The number of unbranched alkanes of at least 4 members (excludes halogenated alkanes) is 29. The molecular formula is C63H115NO13. The van der Waals surface area contributed by atoms with Crippen LogP contribution in [0.5, 0.6) is 0 Å². The van der Waals surface area contributed by atoms with Crippen LogP contribution in [0.3, 0.4) is 0 Å². The Bertz CT molecular complexity index is 1480. The van der Waals surface area contributed by atoms with E-state index in [1.807, 2.05) is 12.2 Å². The van der Waals surface area contributed by atoms with E-state index >= 15 is 0 Å². The van der Waals surface area contributed by atoms with Crippen LogP contribution in [0, 0.1) is 0 Å². The maximum atomic E-state index is 13.2. The van der Waals surface area contributed by atoms with Gasteiger partial charge in [0, 0.05) is 6.42 Å². The molecule has 77 heavy (non-hydrogen) atoms. The Morgan fingerprint density at radius 2 is 0.870 bits per heavy atom. The molecular weight excluding hydrogens is 979 g/mol. The van der Waals surface area contributed by atoms with E-state index in [0.717, 1.165) is 51.4 Å². The fourth-order valence-corrected chi connectivity index (χ4v) is 10.3. The summed E-state index contributed by atoms with van der Waals surface area (Å²) in [5.41, 5.74) is 0. The van der Waals surface area contributed by atoms with Crippen LogP contribution in [0.1, 0.15) is 251 Å². The number of nitrogens with one attached hydrogen (secondary N) is 1. The quantitative estimate of drug-likeness (QED) is 0.0204. The molecule has 0 aromatic heterocycles. The molecule has 12 atom stereocenters. The minimum Gasteiger partial charge on any atom is -0.394 e. The number of carbonyl (C=O) groups is 1. The standard InChI is InChI=1S/C63H115NO13/c1-3-5-7-9-11-13-15-17-18-19-20-21-22-23-24-25-26-27-28-29-30-31-32-33-35-36-38-40-42-44-46-52(67)51(64-55(68)47-45-43-41-39-37-34-16-14-12-10-8-6-4-2)50-74-62-60(73)58(71)61(54(49-66)76-62)77-63-59(72)57(70)56(69)53(48-65)75-63/h6,8,12,14,34,37,41,43,51-54,56-63,65-67,69-73H,3-5,7,9-11,13,15-33,35-36,38-40,42,44-50H2,1-2H3,(H,64,68)/b8-6-,14-12-,37-34-,43-41-. The minimum absolute atomic E-state index is 0.182. The van der Waals surface area contributed by atoms with Crippen molar-refractivity contribution in [2.24, 2.45) is 0 Å². The van der Waals surface area contributed by atoms with Gasteiger partial charge >= 0.3 is 0 Å². The van der Waals surface area contributed by atoms with E-state index in [-0.39, 0.29) is 18.9 Å². The third kappa shape index (κ3) is 34.1. The lowest BCUT2D eigenvalue weighted by molar-refractivity contribution is -0.359. The summed E-state index contributed by atoms with van der Waals surface area (Å²) in [6, 6.07) is -0.868. The first kappa shape index (κ1) is 71.1. The first-order chi connectivity index (χ1) is 37.6. The molecule has 2 aliphatic rings. The van der Waals surface area contributed by atoms with E-state index < -0.39 is 86.8 Å². The van der Waals surface area contributed by atoms with Crippen molar-refractivity contribution in [3.8, 4) is 0 Å². The fraction of sp³-hybridized carbons (Fsp3) is 0.857. The highest BCUT2D eigenvalue weighted by Gasteiger charge is 2.51. The second-order valence-corrected chi connectivity index (χ2v) is 22.2. The lowest BCUT2D eigenvalue weighted by Crippen LogP contribution is -2.65. The van der Waals surface area contributed by atoms with Crippen molar-refractivity contribution < 1.29 is 64.6 Å².